The van der Waals surface area contributed by atoms with Crippen molar-refractivity contribution in [1.82, 2.24) is 0 Å². The summed E-state index contributed by atoms with van der Waals surface area (Å²) >= 11 is 0. The molecule has 0 spiro atoms. The van der Waals surface area contributed by atoms with Crippen LogP contribution < -0.4 is 0 Å². The highest BCUT2D eigenvalue weighted by Gasteiger charge is 2.47. The molecule has 5 atom stereocenters. The fraction of sp³-hybridized carbons (Fsp3) is 0.880. The van der Waals surface area contributed by atoms with Crippen molar-refractivity contribution in [3.63, 3.8) is 0 Å². The van der Waals surface area contributed by atoms with Crippen molar-refractivity contribution in [1.29, 1.82) is 0 Å². The van der Waals surface area contributed by atoms with E-state index in [2.05, 4.69) is 40.4 Å². The van der Waals surface area contributed by atoms with Crippen molar-refractivity contribution in [2.75, 3.05) is 20.3 Å². The number of carbonyl (C=O) groups is 1. The predicted octanol–water partition coefficient (Wildman–Crippen LogP) is 5.21. The maximum atomic E-state index is 11.4. The number of ether oxygens (including phenoxy) is 3. The van der Waals surface area contributed by atoms with Crippen molar-refractivity contribution >= 4 is 14.3 Å². The molecule has 6 nitrogen and oxygen atoms in total. The molecule has 1 unspecified atom stereocenters. The Labute approximate surface area is 196 Å². The van der Waals surface area contributed by atoms with E-state index in [1.54, 1.807) is 0 Å². The van der Waals surface area contributed by atoms with Gasteiger partial charge in [-0.05, 0) is 56.7 Å². The number of unbranched alkanes of at least 4 members (excludes halogenated alkanes) is 1. The Hall–Kier alpha value is -0.733. The predicted molar refractivity (Wildman–Crippen MR) is 129 cm³/mol. The van der Waals surface area contributed by atoms with Gasteiger partial charge in [-0.2, -0.15) is 0 Å². The molecule has 1 heterocycles. The summed E-state index contributed by atoms with van der Waals surface area (Å²) in [5.41, 5.74) is 1.03. The zero-order valence-electron chi connectivity index (χ0n) is 21.2. The minimum Gasteiger partial charge on any atom is -0.469 e. The van der Waals surface area contributed by atoms with Crippen LogP contribution in [0.15, 0.2) is 12.2 Å². The molecule has 2 aliphatic rings. The van der Waals surface area contributed by atoms with E-state index in [9.17, 15) is 9.90 Å². The van der Waals surface area contributed by atoms with Gasteiger partial charge >= 0.3 is 5.97 Å². The van der Waals surface area contributed by atoms with Crippen LogP contribution in [0.5, 0.6) is 0 Å². The van der Waals surface area contributed by atoms with Gasteiger partial charge in [-0.25, -0.2) is 0 Å². The van der Waals surface area contributed by atoms with Gasteiger partial charge in [-0.3, -0.25) is 4.79 Å². The minimum absolute atomic E-state index is 0.0535. The molecule has 2 rings (SSSR count). The highest BCUT2D eigenvalue weighted by atomic mass is 28.4. The maximum Gasteiger partial charge on any atom is 0.305 e. The normalized spacial score (nSPS) is 29.2. The monoisotopic (exact) mass is 470 g/mol. The number of aliphatic hydroxyl groups excluding tert-OH is 1. The van der Waals surface area contributed by atoms with Gasteiger partial charge < -0.3 is 23.7 Å². The van der Waals surface area contributed by atoms with Gasteiger partial charge in [0.15, 0.2) is 14.6 Å². The third-order valence-corrected chi connectivity index (χ3v) is 12.1. The molecule has 0 radical (unpaired) electrons. The Morgan fingerprint density at radius 2 is 1.88 bits per heavy atom. The minimum atomic E-state index is -1.94. The lowest BCUT2D eigenvalue weighted by Crippen LogP contribution is -2.44. The van der Waals surface area contributed by atoms with Crippen LogP contribution in [0, 0.1) is 11.8 Å². The van der Waals surface area contributed by atoms with Crippen LogP contribution in [-0.2, 0) is 23.4 Å². The van der Waals surface area contributed by atoms with E-state index in [-0.39, 0.29) is 35.2 Å². The second kappa shape index (κ2) is 12.1. The Kier molecular flexibility index (Phi) is 10.4. The summed E-state index contributed by atoms with van der Waals surface area (Å²) in [7, 11) is -0.522. The fourth-order valence-electron chi connectivity index (χ4n) is 4.44. The molecule has 32 heavy (non-hydrogen) atoms. The number of carbonyl (C=O) groups excluding carboxylic acids is 1. The molecule has 0 bridgehead atoms. The molecule has 7 heteroatoms. The van der Waals surface area contributed by atoms with Crippen LogP contribution in [0.3, 0.4) is 0 Å². The number of rotatable bonds is 11. The van der Waals surface area contributed by atoms with Crippen LogP contribution in [-0.4, -0.2) is 58.2 Å². The topological polar surface area (TPSA) is 74.2 Å². The molecule has 1 N–H and O–H groups in total. The first-order valence-electron chi connectivity index (χ1n) is 12.3. The quantitative estimate of drug-likeness (QED) is 0.193. The van der Waals surface area contributed by atoms with E-state index in [0.717, 1.165) is 50.7 Å². The molecule has 0 aromatic rings. The third-order valence-electron chi connectivity index (χ3n) is 7.56. The van der Waals surface area contributed by atoms with E-state index in [0.29, 0.717) is 19.4 Å². The molecular formula is C25H46O6Si. The van der Waals surface area contributed by atoms with Gasteiger partial charge in [0.2, 0.25) is 0 Å². The van der Waals surface area contributed by atoms with Gasteiger partial charge in [0, 0.05) is 37.9 Å². The number of hydrogen-bond acceptors (Lipinski definition) is 6. The van der Waals surface area contributed by atoms with E-state index in [4.69, 9.17) is 18.6 Å². The van der Waals surface area contributed by atoms with E-state index in [1.165, 1.54) is 7.11 Å². The largest absolute Gasteiger partial charge is 0.469 e. The lowest BCUT2D eigenvalue weighted by Gasteiger charge is -2.39. The van der Waals surface area contributed by atoms with Gasteiger partial charge in [0.1, 0.15) is 0 Å². The number of aliphatic hydroxyl groups is 1. The Bertz CT molecular complexity index is 608. The summed E-state index contributed by atoms with van der Waals surface area (Å²) in [6.07, 6.45) is 5.69. The second-order valence-electron chi connectivity index (χ2n) is 11.0. The molecule has 2 fully saturated rings. The van der Waals surface area contributed by atoms with Crippen LogP contribution in [0.4, 0.5) is 0 Å². The van der Waals surface area contributed by atoms with Crippen molar-refractivity contribution in [3.05, 3.63) is 12.2 Å². The average molecular weight is 471 g/mol. The number of methoxy groups -OCH3 is 1. The van der Waals surface area contributed by atoms with E-state index >= 15 is 0 Å². The summed E-state index contributed by atoms with van der Waals surface area (Å²) < 4.78 is 23.5. The van der Waals surface area contributed by atoms with Crippen LogP contribution in [0.1, 0.15) is 72.1 Å². The van der Waals surface area contributed by atoms with Crippen molar-refractivity contribution < 1.29 is 28.5 Å². The lowest BCUT2D eigenvalue weighted by molar-refractivity contribution is -0.197. The van der Waals surface area contributed by atoms with Crippen LogP contribution in [0.2, 0.25) is 18.1 Å². The number of hydrogen-bond donors (Lipinski definition) is 1. The van der Waals surface area contributed by atoms with Crippen molar-refractivity contribution in [3.8, 4) is 0 Å². The highest BCUT2D eigenvalue weighted by Crippen LogP contribution is 2.43. The molecule has 1 saturated heterocycles. The Morgan fingerprint density at radius 3 is 2.47 bits per heavy atom. The third kappa shape index (κ3) is 7.66. The summed E-state index contributed by atoms with van der Waals surface area (Å²) in [6, 6.07) is 0. The summed E-state index contributed by atoms with van der Waals surface area (Å²) in [4.78, 5) is 11.4. The standard InChI is InChI=1S/C25H46O6Si/c1-18(12-8-9-13-22(27)28-5)24-19(17-30-32(6,7)25(2,3)4)21(16-20(24)26)31-23-14-10-11-15-29-23/h19-21,23-24,26H,1,8-17H2,2-7H3/t19-,20-,21+,23?,24+/m1/s1. The smallest absolute Gasteiger partial charge is 0.305 e. The average Bonchev–Trinajstić information content (AvgIpc) is 3.04. The number of esters is 1. The summed E-state index contributed by atoms with van der Waals surface area (Å²) in [6.45, 7) is 16.9. The first kappa shape index (κ1) is 27.5. The van der Waals surface area contributed by atoms with Gasteiger partial charge in [-0.15, -0.1) is 0 Å². The van der Waals surface area contributed by atoms with Crippen LogP contribution >= 0.6 is 0 Å². The van der Waals surface area contributed by atoms with Crippen molar-refractivity contribution in [2.24, 2.45) is 11.8 Å². The molecule has 0 amide bonds. The lowest BCUT2D eigenvalue weighted by atomic mass is 9.85. The van der Waals surface area contributed by atoms with Gasteiger partial charge in [-0.1, -0.05) is 32.9 Å². The van der Waals surface area contributed by atoms with Crippen molar-refractivity contribution in [2.45, 2.75) is 109 Å². The summed E-state index contributed by atoms with van der Waals surface area (Å²) in [5, 5.41) is 11.1. The summed E-state index contributed by atoms with van der Waals surface area (Å²) in [5.74, 6) is -0.192. The SMILES string of the molecule is C=C(CCCCC(=O)OC)[C@H]1[C@H](CO[Si](C)(C)C(C)(C)C)[C@@H](OC2CCCCO2)C[C@H]1O. The Balaban J connectivity index is 2.06. The Morgan fingerprint density at radius 1 is 1.19 bits per heavy atom. The zero-order valence-corrected chi connectivity index (χ0v) is 22.2. The van der Waals surface area contributed by atoms with E-state index in [1.807, 2.05) is 0 Å². The first-order chi connectivity index (χ1) is 15.0. The van der Waals surface area contributed by atoms with Gasteiger partial charge in [0.25, 0.3) is 0 Å². The molecule has 1 saturated carbocycles. The fourth-order valence-corrected chi connectivity index (χ4v) is 5.49. The second-order valence-corrected chi connectivity index (χ2v) is 15.8. The molecule has 1 aliphatic heterocycles. The molecular weight excluding hydrogens is 424 g/mol. The molecule has 186 valence electrons. The molecule has 0 aromatic heterocycles. The van der Waals surface area contributed by atoms with Crippen LogP contribution in [0.25, 0.3) is 0 Å². The highest BCUT2D eigenvalue weighted by molar-refractivity contribution is 6.74. The van der Waals surface area contributed by atoms with E-state index < -0.39 is 14.4 Å². The molecule has 1 aliphatic carbocycles. The molecule has 0 aromatic carbocycles. The zero-order chi connectivity index (χ0) is 23.9. The van der Waals surface area contributed by atoms with Gasteiger partial charge in [0.05, 0.1) is 19.3 Å². The first-order valence-corrected chi connectivity index (χ1v) is 15.2. The maximum absolute atomic E-state index is 11.4.